The highest BCUT2D eigenvalue weighted by Crippen LogP contribution is 2.39. The average Bonchev–Trinajstić information content (AvgIpc) is 2.95. The van der Waals surface area contributed by atoms with Crippen LogP contribution in [0.25, 0.3) is 5.13 Å². The molecule has 0 radical (unpaired) electrons. The van der Waals surface area contributed by atoms with Crippen molar-refractivity contribution in [3.05, 3.63) is 23.5 Å². The van der Waals surface area contributed by atoms with Gasteiger partial charge in [0.05, 0.1) is 0 Å². The number of imidazole rings is 1. The molecule has 0 aromatic carbocycles. The Labute approximate surface area is 101 Å². The molecule has 0 saturated heterocycles. The summed E-state index contributed by atoms with van der Waals surface area (Å²) in [6.45, 7) is 0. The first kappa shape index (κ1) is 9.94. The molecule has 17 heavy (non-hydrogen) atoms. The minimum Gasteiger partial charge on any atom is -0.263 e. The van der Waals surface area contributed by atoms with Crippen molar-refractivity contribution in [1.29, 1.82) is 10.5 Å². The molecular weight excluding hydrogens is 236 g/mol. The summed E-state index contributed by atoms with van der Waals surface area (Å²) < 4.78 is 5.77. The van der Waals surface area contributed by atoms with Crippen LogP contribution in [0, 0.1) is 22.7 Å². The van der Waals surface area contributed by atoms with E-state index in [0.29, 0.717) is 11.0 Å². The lowest BCUT2D eigenvalue weighted by Crippen LogP contribution is -1.96. The van der Waals surface area contributed by atoms with Gasteiger partial charge in [-0.3, -0.25) is 4.57 Å². The van der Waals surface area contributed by atoms with Gasteiger partial charge in [-0.1, -0.05) is 0 Å². The molecule has 2 aromatic heterocycles. The second kappa shape index (κ2) is 3.65. The van der Waals surface area contributed by atoms with Crippen LogP contribution in [0.4, 0.5) is 0 Å². The van der Waals surface area contributed by atoms with E-state index in [9.17, 15) is 0 Å². The summed E-state index contributed by atoms with van der Waals surface area (Å²) in [4.78, 5) is 8.24. The second-order valence-corrected chi connectivity index (χ2v) is 4.48. The summed E-state index contributed by atoms with van der Waals surface area (Å²) in [7, 11) is 0. The highest BCUT2D eigenvalue weighted by atomic mass is 32.1. The number of hydrogen-bond acceptors (Lipinski definition) is 6. The number of nitrogens with zero attached hydrogens (tertiary/aromatic N) is 6. The molecule has 2 aromatic rings. The monoisotopic (exact) mass is 242 g/mol. The van der Waals surface area contributed by atoms with E-state index in [0.717, 1.165) is 18.7 Å². The maximum Gasteiger partial charge on any atom is 0.215 e. The van der Waals surface area contributed by atoms with Gasteiger partial charge in [0.2, 0.25) is 5.13 Å². The molecule has 1 fully saturated rings. The maximum atomic E-state index is 9.00. The Morgan fingerprint density at radius 1 is 1.35 bits per heavy atom. The fraction of sp³-hybridized carbons (Fsp3) is 0.300. The Hall–Kier alpha value is -2.25. The van der Waals surface area contributed by atoms with Crippen LogP contribution in [-0.4, -0.2) is 18.9 Å². The summed E-state index contributed by atoms with van der Waals surface area (Å²) in [5.41, 5.74) is 0.335. The van der Waals surface area contributed by atoms with E-state index in [-0.39, 0.29) is 11.4 Å². The number of nitriles is 2. The topological polar surface area (TPSA) is 91.2 Å². The van der Waals surface area contributed by atoms with Gasteiger partial charge in [0.1, 0.15) is 24.3 Å². The average molecular weight is 242 g/mol. The van der Waals surface area contributed by atoms with Gasteiger partial charge in [0.25, 0.3) is 0 Å². The van der Waals surface area contributed by atoms with Crippen LogP contribution >= 0.6 is 11.5 Å². The number of rotatable bonds is 2. The van der Waals surface area contributed by atoms with E-state index in [1.54, 1.807) is 0 Å². The van der Waals surface area contributed by atoms with Gasteiger partial charge < -0.3 is 0 Å². The van der Waals surface area contributed by atoms with Crippen molar-refractivity contribution in [3.63, 3.8) is 0 Å². The van der Waals surface area contributed by atoms with Crippen molar-refractivity contribution in [2.45, 2.75) is 18.8 Å². The zero-order valence-corrected chi connectivity index (χ0v) is 9.48. The largest absolute Gasteiger partial charge is 0.263 e. The second-order valence-electron chi connectivity index (χ2n) is 3.74. The molecule has 3 rings (SSSR count). The van der Waals surface area contributed by atoms with E-state index in [1.165, 1.54) is 22.4 Å². The molecule has 0 amide bonds. The first-order valence-corrected chi connectivity index (χ1v) is 5.82. The van der Waals surface area contributed by atoms with Gasteiger partial charge in [-0.25, -0.2) is 9.97 Å². The summed E-state index contributed by atoms with van der Waals surface area (Å²) in [6, 6.07) is 3.85. The van der Waals surface area contributed by atoms with Crippen molar-refractivity contribution in [3.8, 4) is 17.3 Å². The fourth-order valence-electron chi connectivity index (χ4n) is 1.51. The molecule has 0 N–H and O–H groups in total. The lowest BCUT2D eigenvalue weighted by atomic mass is 10.4. The zero-order chi connectivity index (χ0) is 11.8. The predicted octanol–water partition coefficient (Wildman–Crippen LogP) is 1.34. The molecule has 0 spiro atoms. The van der Waals surface area contributed by atoms with Crippen LogP contribution in [0.3, 0.4) is 0 Å². The minimum absolute atomic E-state index is 0.121. The van der Waals surface area contributed by atoms with Gasteiger partial charge in [0, 0.05) is 17.5 Å². The standard InChI is InChI=1S/C10H6N6S/c11-3-7-8(4-12)16(5-13-7)10-14-9(15-17-10)6-1-2-6/h5-6H,1-2H2. The van der Waals surface area contributed by atoms with Crippen molar-refractivity contribution in [2.75, 3.05) is 0 Å². The molecule has 2 heterocycles. The van der Waals surface area contributed by atoms with Gasteiger partial charge in [-0.15, -0.1) is 0 Å². The third-order valence-electron chi connectivity index (χ3n) is 2.56. The van der Waals surface area contributed by atoms with Crippen LogP contribution in [0.15, 0.2) is 6.33 Å². The lowest BCUT2D eigenvalue weighted by Gasteiger charge is -1.94. The summed E-state index contributed by atoms with van der Waals surface area (Å²) in [6.07, 6.45) is 3.71. The molecule has 7 heteroatoms. The van der Waals surface area contributed by atoms with Gasteiger partial charge >= 0.3 is 0 Å². The van der Waals surface area contributed by atoms with E-state index in [1.807, 2.05) is 12.1 Å². The first-order chi connectivity index (χ1) is 8.33. The lowest BCUT2D eigenvalue weighted by molar-refractivity contribution is 0.939. The normalized spacial score (nSPS) is 14.2. The van der Waals surface area contributed by atoms with Crippen LogP contribution in [0.5, 0.6) is 0 Å². The number of hydrogen-bond donors (Lipinski definition) is 0. The van der Waals surface area contributed by atoms with Crippen LogP contribution in [-0.2, 0) is 0 Å². The van der Waals surface area contributed by atoms with Crippen LogP contribution in [0.1, 0.15) is 36.0 Å². The van der Waals surface area contributed by atoms with Crippen molar-refractivity contribution in [2.24, 2.45) is 0 Å². The summed E-state index contributed by atoms with van der Waals surface area (Å²) in [5, 5.41) is 18.4. The maximum absolute atomic E-state index is 9.00. The predicted molar refractivity (Wildman–Crippen MR) is 58.4 cm³/mol. The SMILES string of the molecule is N#Cc1ncn(-c2nc(C3CC3)ns2)c1C#N. The van der Waals surface area contributed by atoms with Crippen molar-refractivity contribution >= 4 is 11.5 Å². The third-order valence-corrected chi connectivity index (χ3v) is 3.29. The Morgan fingerprint density at radius 2 is 2.18 bits per heavy atom. The molecule has 0 bridgehead atoms. The van der Waals surface area contributed by atoms with E-state index < -0.39 is 0 Å². The van der Waals surface area contributed by atoms with E-state index in [4.69, 9.17) is 10.5 Å². The highest BCUT2D eigenvalue weighted by Gasteiger charge is 2.28. The first-order valence-electron chi connectivity index (χ1n) is 5.05. The molecule has 1 aliphatic rings. The fourth-order valence-corrected chi connectivity index (χ4v) is 2.24. The highest BCUT2D eigenvalue weighted by molar-refractivity contribution is 7.08. The molecule has 6 nitrogen and oxygen atoms in total. The smallest absolute Gasteiger partial charge is 0.215 e. The zero-order valence-electron chi connectivity index (χ0n) is 8.66. The summed E-state index contributed by atoms with van der Waals surface area (Å²) in [5.74, 6) is 1.31. The molecule has 0 aliphatic heterocycles. The van der Waals surface area contributed by atoms with Crippen LogP contribution in [0.2, 0.25) is 0 Å². The van der Waals surface area contributed by atoms with Gasteiger partial charge in [-0.05, 0) is 12.8 Å². The quantitative estimate of drug-likeness (QED) is 0.792. The Bertz CT molecular complexity index is 651. The van der Waals surface area contributed by atoms with Crippen molar-refractivity contribution in [1.82, 2.24) is 18.9 Å². The summed E-state index contributed by atoms with van der Waals surface area (Å²) >= 11 is 1.23. The van der Waals surface area contributed by atoms with Crippen molar-refractivity contribution < 1.29 is 0 Å². The Kier molecular flexibility index (Phi) is 2.13. The van der Waals surface area contributed by atoms with Gasteiger partial charge in [-0.2, -0.15) is 14.9 Å². The van der Waals surface area contributed by atoms with E-state index >= 15 is 0 Å². The molecular formula is C10H6N6S. The van der Waals surface area contributed by atoms with E-state index in [2.05, 4.69) is 14.3 Å². The molecule has 1 saturated carbocycles. The molecule has 0 unspecified atom stereocenters. The number of aromatic nitrogens is 4. The minimum atomic E-state index is 0.121. The Balaban J connectivity index is 2.06. The van der Waals surface area contributed by atoms with Crippen LogP contribution < -0.4 is 0 Å². The molecule has 0 atom stereocenters. The molecule has 1 aliphatic carbocycles. The van der Waals surface area contributed by atoms with Gasteiger partial charge in [0.15, 0.2) is 11.4 Å². The third kappa shape index (κ3) is 1.57. The Morgan fingerprint density at radius 3 is 2.82 bits per heavy atom. The molecule has 82 valence electrons.